The van der Waals surface area contributed by atoms with Gasteiger partial charge in [0, 0.05) is 24.9 Å². The predicted molar refractivity (Wildman–Crippen MR) is 83.2 cm³/mol. The van der Waals surface area contributed by atoms with E-state index in [-0.39, 0.29) is 18.9 Å². The van der Waals surface area contributed by atoms with Gasteiger partial charge in [-0.25, -0.2) is 8.78 Å². The molecule has 0 atom stereocenters. The second-order valence-corrected chi connectivity index (χ2v) is 5.63. The SMILES string of the molecule is Nc1cc(OCc2ccccc2)ccc1NC1CC(F)(F)C1. The number of halogens is 2. The molecule has 3 N–H and O–H groups in total. The summed E-state index contributed by atoms with van der Waals surface area (Å²) in [6.45, 7) is 0.460. The molecule has 2 aromatic rings. The van der Waals surface area contributed by atoms with Gasteiger partial charge in [-0.2, -0.15) is 0 Å². The van der Waals surface area contributed by atoms with Crippen LogP contribution in [0.2, 0.25) is 0 Å². The molecule has 22 heavy (non-hydrogen) atoms. The normalized spacial score (nSPS) is 16.8. The van der Waals surface area contributed by atoms with E-state index in [1.165, 1.54) is 0 Å². The average molecular weight is 304 g/mol. The molecule has 1 aliphatic carbocycles. The topological polar surface area (TPSA) is 47.3 Å². The molecule has 0 aromatic heterocycles. The van der Waals surface area contributed by atoms with Crippen molar-refractivity contribution in [2.24, 2.45) is 0 Å². The fourth-order valence-electron chi connectivity index (χ4n) is 2.49. The van der Waals surface area contributed by atoms with E-state index in [2.05, 4.69) is 5.32 Å². The van der Waals surface area contributed by atoms with Gasteiger partial charge in [-0.15, -0.1) is 0 Å². The van der Waals surface area contributed by atoms with Crippen molar-refractivity contribution in [1.82, 2.24) is 0 Å². The molecule has 0 heterocycles. The lowest BCUT2D eigenvalue weighted by Gasteiger charge is -2.36. The maximum Gasteiger partial charge on any atom is 0.252 e. The van der Waals surface area contributed by atoms with Gasteiger partial charge in [-0.05, 0) is 17.7 Å². The lowest BCUT2D eigenvalue weighted by atomic mass is 9.88. The minimum atomic E-state index is -2.54. The Hall–Kier alpha value is -2.30. The van der Waals surface area contributed by atoms with Crippen molar-refractivity contribution in [2.45, 2.75) is 31.4 Å². The zero-order valence-corrected chi connectivity index (χ0v) is 12.1. The number of benzene rings is 2. The number of anilines is 2. The Morgan fingerprint density at radius 2 is 1.86 bits per heavy atom. The van der Waals surface area contributed by atoms with Crippen LogP contribution in [0, 0.1) is 0 Å². The number of ether oxygens (including phenoxy) is 1. The van der Waals surface area contributed by atoms with E-state index < -0.39 is 5.92 Å². The van der Waals surface area contributed by atoms with Crippen LogP contribution in [-0.2, 0) is 6.61 Å². The number of hydrogen-bond acceptors (Lipinski definition) is 3. The Balaban J connectivity index is 1.58. The molecule has 116 valence electrons. The third-order valence-corrected chi connectivity index (χ3v) is 3.72. The lowest BCUT2D eigenvalue weighted by molar-refractivity contribution is -0.0793. The molecular weight excluding hydrogens is 286 g/mol. The Kier molecular flexibility index (Phi) is 3.88. The number of nitrogens with one attached hydrogen (secondary N) is 1. The van der Waals surface area contributed by atoms with E-state index in [9.17, 15) is 8.78 Å². The van der Waals surface area contributed by atoms with Crippen LogP contribution in [0.15, 0.2) is 48.5 Å². The molecule has 3 nitrogen and oxygen atoms in total. The second kappa shape index (κ2) is 5.83. The largest absolute Gasteiger partial charge is 0.489 e. The van der Waals surface area contributed by atoms with E-state index in [0.717, 1.165) is 5.56 Å². The first-order chi connectivity index (χ1) is 10.5. The Labute approximate surface area is 128 Å². The third-order valence-electron chi connectivity index (χ3n) is 3.72. The fraction of sp³-hybridized carbons (Fsp3) is 0.294. The summed E-state index contributed by atoms with van der Waals surface area (Å²) in [4.78, 5) is 0. The molecule has 5 heteroatoms. The fourth-order valence-corrected chi connectivity index (χ4v) is 2.49. The van der Waals surface area contributed by atoms with Crippen LogP contribution in [0.4, 0.5) is 20.2 Å². The van der Waals surface area contributed by atoms with Crippen LogP contribution in [0.25, 0.3) is 0 Å². The van der Waals surface area contributed by atoms with Crippen LogP contribution in [0.1, 0.15) is 18.4 Å². The van der Waals surface area contributed by atoms with E-state index in [0.29, 0.717) is 23.7 Å². The summed E-state index contributed by atoms with van der Waals surface area (Å²) in [6.07, 6.45) is -0.280. The van der Waals surface area contributed by atoms with Crippen molar-refractivity contribution in [3.63, 3.8) is 0 Å². The summed E-state index contributed by atoms with van der Waals surface area (Å²) in [6, 6.07) is 14.9. The number of nitrogens with two attached hydrogens (primary N) is 1. The summed E-state index contributed by atoms with van der Waals surface area (Å²) in [5.74, 6) is -1.88. The highest BCUT2D eigenvalue weighted by Gasteiger charge is 2.45. The maximum atomic E-state index is 12.8. The van der Waals surface area contributed by atoms with Crippen molar-refractivity contribution < 1.29 is 13.5 Å². The molecule has 3 rings (SSSR count). The van der Waals surface area contributed by atoms with Gasteiger partial charge in [0.05, 0.1) is 11.4 Å². The highest BCUT2D eigenvalue weighted by molar-refractivity contribution is 5.68. The molecule has 2 aromatic carbocycles. The van der Waals surface area contributed by atoms with Gasteiger partial charge < -0.3 is 15.8 Å². The standard InChI is InChI=1S/C17H18F2N2O/c18-17(19)9-13(10-17)21-16-7-6-14(8-15(16)20)22-11-12-4-2-1-3-5-12/h1-8,13,21H,9-11,20H2. The van der Waals surface area contributed by atoms with Gasteiger partial charge in [0.2, 0.25) is 0 Å². The van der Waals surface area contributed by atoms with Crippen molar-refractivity contribution in [3.8, 4) is 5.75 Å². The average Bonchev–Trinajstić information content (AvgIpc) is 2.47. The number of hydrogen-bond donors (Lipinski definition) is 2. The summed E-state index contributed by atoms with van der Waals surface area (Å²) in [7, 11) is 0. The monoisotopic (exact) mass is 304 g/mol. The minimum absolute atomic E-state index is 0.140. The zero-order valence-electron chi connectivity index (χ0n) is 12.1. The van der Waals surface area contributed by atoms with Crippen molar-refractivity contribution in [2.75, 3.05) is 11.1 Å². The molecule has 0 bridgehead atoms. The van der Waals surface area contributed by atoms with Gasteiger partial charge in [0.1, 0.15) is 12.4 Å². The van der Waals surface area contributed by atoms with Crippen LogP contribution < -0.4 is 15.8 Å². The molecule has 1 aliphatic rings. The maximum absolute atomic E-state index is 12.8. The van der Waals surface area contributed by atoms with Gasteiger partial charge in [-0.3, -0.25) is 0 Å². The van der Waals surface area contributed by atoms with Crippen LogP contribution >= 0.6 is 0 Å². The molecule has 0 spiro atoms. The van der Waals surface area contributed by atoms with Gasteiger partial charge in [0.15, 0.2) is 0 Å². The first kappa shape index (κ1) is 14.6. The summed E-state index contributed by atoms with van der Waals surface area (Å²) in [5, 5.41) is 3.04. The van der Waals surface area contributed by atoms with Crippen molar-refractivity contribution in [3.05, 3.63) is 54.1 Å². The Bertz CT molecular complexity index is 638. The number of nitrogen functional groups attached to an aromatic ring is 1. The van der Waals surface area contributed by atoms with Crippen LogP contribution in [0.5, 0.6) is 5.75 Å². The second-order valence-electron chi connectivity index (χ2n) is 5.63. The Morgan fingerprint density at radius 1 is 1.14 bits per heavy atom. The van der Waals surface area contributed by atoms with Gasteiger partial charge in [0.25, 0.3) is 5.92 Å². The van der Waals surface area contributed by atoms with E-state index in [1.807, 2.05) is 30.3 Å². The molecule has 0 aliphatic heterocycles. The summed E-state index contributed by atoms with van der Waals surface area (Å²) in [5.41, 5.74) is 8.20. The van der Waals surface area contributed by atoms with E-state index >= 15 is 0 Å². The van der Waals surface area contributed by atoms with Gasteiger partial charge in [-0.1, -0.05) is 30.3 Å². The first-order valence-corrected chi connectivity index (χ1v) is 7.22. The molecule has 1 fully saturated rings. The van der Waals surface area contributed by atoms with E-state index in [4.69, 9.17) is 10.5 Å². The molecule has 1 saturated carbocycles. The molecular formula is C17H18F2N2O. The quantitative estimate of drug-likeness (QED) is 0.819. The van der Waals surface area contributed by atoms with Crippen LogP contribution in [-0.4, -0.2) is 12.0 Å². The molecule has 0 radical (unpaired) electrons. The molecule has 0 unspecified atom stereocenters. The third kappa shape index (κ3) is 3.47. The first-order valence-electron chi connectivity index (χ1n) is 7.22. The predicted octanol–water partition coefficient (Wildman–Crippen LogP) is 4.06. The van der Waals surface area contributed by atoms with E-state index in [1.54, 1.807) is 18.2 Å². The van der Waals surface area contributed by atoms with Crippen molar-refractivity contribution in [1.29, 1.82) is 0 Å². The minimum Gasteiger partial charge on any atom is -0.489 e. The molecule has 0 saturated heterocycles. The number of alkyl halides is 2. The lowest BCUT2D eigenvalue weighted by Crippen LogP contribution is -2.44. The smallest absolute Gasteiger partial charge is 0.252 e. The Morgan fingerprint density at radius 3 is 2.50 bits per heavy atom. The summed E-state index contributed by atoms with van der Waals surface area (Å²) < 4.78 is 31.3. The van der Waals surface area contributed by atoms with Crippen LogP contribution in [0.3, 0.4) is 0 Å². The number of rotatable bonds is 5. The summed E-state index contributed by atoms with van der Waals surface area (Å²) >= 11 is 0. The van der Waals surface area contributed by atoms with Gasteiger partial charge >= 0.3 is 0 Å². The van der Waals surface area contributed by atoms with Crippen molar-refractivity contribution >= 4 is 11.4 Å². The highest BCUT2D eigenvalue weighted by Crippen LogP contribution is 2.40. The highest BCUT2D eigenvalue weighted by atomic mass is 19.3. The zero-order chi connectivity index (χ0) is 15.6. The molecule has 0 amide bonds.